The minimum Gasteiger partial charge on any atom is -0.309 e. The number of hydrogen-bond acceptors (Lipinski definition) is 5. The largest absolute Gasteiger partial charge is 0.309 e. The van der Waals surface area contributed by atoms with Gasteiger partial charge in [0.2, 0.25) is 0 Å². The number of thiazole rings is 1. The minimum absolute atomic E-state index is 0. The van der Waals surface area contributed by atoms with E-state index in [1.54, 1.807) is 10.7 Å². The van der Waals surface area contributed by atoms with Gasteiger partial charge in [0.25, 0.3) is 5.91 Å². The van der Waals surface area contributed by atoms with E-state index < -0.39 is 11.6 Å². The zero-order chi connectivity index (χ0) is 21.3. The Morgan fingerprint density at radius 2 is 1.90 bits per heavy atom. The van der Waals surface area contributed by atoms with Crippen LogP contribution in [0.5, 0.6) is 0 Å². The maximum atomic E-state index is 14.1. The molecule has 0 fully saturated rings. The van der Waals surface area contributed by atoms with Crippen LogP contribution in [0.25, 0.3) is 10.2 Å². The molecule has 0 saturated carbocycles. The summed E-state index contributed by atoms with van der Waals surface area (Å²) in [5.74, 6) is -1.70. The lowest BCUT2D eigenvalue weighted by molar-refractivity contribution is 0.0980. The van der Waals surface area contributed by atoms with Crippen molar-refractivity contribution in [3.8, 4) is 0 Å². The number of carbonyl (C=O) groups excluding carboxylic acids is 1. The van der Waals surface area contributed by atoms with Crippen LogP contribution in [0.15, 0.2) is 18.2 Å². The van der Waals surface area contributed by atoms with E-state index in [0.29, 0.717) is 28.5 Å². The number of aromatic nitrogens is 3. The Balaban J connectivity index is 0.00000320. The molecule has 0 atom stereocenters. The summed E-state index contributed by atoms with van der Waals surface area (Å²) < 4.78 is 29.9. The molecule has 0 bridgehead atoms. The monoisotopic (exact) mass is 457 g/mol. The number of carbonyl (C=O) groups is 1. The van der Waals surface area contributed by atoms with Gasteiger partial charge in [0, 0.05) is 24.3 Å². The number of rotatable bonds is 7. The van der Waals surface area contributed by atoms with Crippen LogP contribution >= 0.6 is 23.7 Å². The third kappa shape index (κ3) is 5.14. The van der Waals surface area contributed by atoms with E-state index in [-0.39, 0.29) is 29.9 Å². The molecule has 0 saturated heterocycles. The first-order valence-corrected chi connectivity index (χ1v) is 10.3. The summed E-state index contributed by atoms with van der Waals surface area (Å²) in [6, 6.07) is 3.91. The predicted octanol–water partition coefficient (Wildman–Crippen LogP) is 4.68. The molecule has 0 unspecified atom stereocenters. The zero-order valence-electron chi connectivity index (χ0n) is 17.6. The van der Waals surface area contributed by atoms with Gasteiger partial charge in [-0.3, -0.25) is 14.4 Å². The van der Waals surface area contributed by atoms with Crippen molar-refractivity contribution < 1.29 is 13.6 Å². The van der Waals surface area contributed by atoms with Crippen molar-refractivity contribution in [2.24, 2.45) is 0 Å². The van der Waals surface area contributed by atoms with Gasteiger partial charge in [-0.15, -0.1) is 12.4 Å². The molecule has 3 rings (SSSR count). The highest BCUT2D eigenvalue weighted by molar-refractivity contribution is 7.22. The van der Waals surface area contributed by atoms with Crippen molar-refractivity contribution in [1.29, 1.82) is 0 Å². The average molecular weight is 458 g/mol. The molecule has 30 heavy (non-hydrogen) atoms. The zero-order valence-corrected chi connectivity index (χ0v) is 19.3. The van der Waals surface area contributed by atoms with Gasteiger partial charge in [-0.1, -0.05) is 11.3 Å². The van der Waals surface area contributed by atoms with Crippen LogP contribution in [-0.2, 0) is 0 Å². The van der Waals surface area contributed by atoms with Crippen molar-refractivity contribution in [2.45, 2.75) is 33.2 Å². The maximum absolute atomic E-state index is 14.1. The van der Waals surface area contributed by atoms with Crippen LogP contribution in [0.3, 0.4) is 0 Å². The second kappa shape index (κ2) is 9.80. The van der Waals surface area contributed by atoms with Crippen LogP contribution in [0, 0.1) is 18.6 Å². The predicted molar refractivity (Wildman–Crippen MR) is 119 cm³/mol. The molecule has 1 aromatic carbocycles. The third-order valence-electron chi connectivity index (χ3n) is 4.50. The summed E-state index contributed by atoms with van der Waals surface area (Å²) >= 11 is 1.10. The SMILES string of the molecule is Cc1cc(C(=O)N(CCCN(C)C)c2nc3c(F)cc(F)cc3s2)nn1C(C)C.Cl. The van der Waals surface area contributed by atoms with Crippen molar-refractivity contribution in [1.82, 2.24) is 19.7 Å². The Morgan fingerprint density at radius 3 is 2.50 bits per heavy atom. The second-order valence-corrected chi connectivity index (χ2v) is 8.56. The molecule has 6 nitrogen and oxygen atoms in total. The molecule has 2 aromatic heterocycles. The summed E-state index contributed by atoms with van der Waals surface area (Å²) in [6.45, 7) is 7.06. The molecule has 0 N–H and O–H groups in total. The van der Waals surface area contributed by atoms with Crippen LogP contribution in [0.1, 0.15) is 42.5 Å². The third-order valence-corrected chi connectivity index (χ3v) is 5.52. The van der Waals surface area contributed by atoms with Crippen molar-refractivity contribution in [3.63, 3.8) is 0 Å². The van der Waals surface area contributed by atoms with Gasteiger partial charge in [0.15, 0.2) is 16.6 Å². The van der Waals surface area contributed by atoms with Gasteiger partial charge < -0.3 is 4.90 Å². The van der Waals surface area contributed by atoms with E-state index in [1.807, 2.05) is 39.8 Å². The quantitative estimate of drug-likeness (QED) is 0.517. The molecule has 3 aromatic rings. The fraction of sp³-hybridized carbons (Fsp3) is 0.450. The number of amides is 1. The fourth-order valence-electron chi connectivity index (χ4n) is 3.14. The first kappa shape index (κ1) is 24.2. The molecule has 0 spiro atoms. The van der Waals surface area contributed by atoms with Crippen molar-refractivity contribution >= 4 is 45.0 Å². The van der Waals surface area contributed by atoms with Crippen LogP contribution in [0.2, 0.25) is 0 Å². The molecule has 1 amide bonds. The molecule has 164 valence electrons. The Hall–Kier alpha value is -2.10. The minimum atomic E-state index is -0.733. The van der Waals surface area contributed by atoms with E-state index in [0.717, 1.165) is 29.6 Å². The highest BCUT2D eigenvalue weighted by atomic mass is 35.5. The number of halogens is 3. The van der Waals surface area contributed by atoms with Gasteiger partial charge in [-0.05, 0) is 60.0 Å². The number of fused-ring (bicyclic) bond motifs is 1. The number of aryl methyl sites for hydroxylation is 1. The molecule has 2 heterocycles. The Bertz CT molecular complexity index is 1030. The van der Waals surface area contributed by atoms with Gasteiger partial charge in [-0.25, -0.2) is 13.8 Å². The van der Waals surface area contributed by atoms with Crippen LogP contribution in [0.4, 0.5) is 13.9 Å². The van der Waals surface area contributed by atoms with E-state index in [9.17, 15) is 13.6 Å². The number of hydrogen-bond donors (Lipinski definition) is 0. The van der Waals surface area contributed by atoms with E-state index in [4.69, 9.17) is 0 Å². The number of anilines is 1. The molecule has 0 radical (unpaired) electrons. The van der Waals surface area contributed by atoms with Crippen LogP contribution in [-0.4, -0.2) is 52.8 Å². The molecule has 0 aliphatic rings. The standard InChI is InChI=1S/C20H25F2N5OS.ClH/c1-12(2)27-13(3)9-16(24-27)19(28)26(8-6-7-25(4)5)20-23-18-15(22)10-14(21)11-17(18)29-20;/h9-12H,6-8H2,1-5H3;1H. The van der Waals surface area contributed by atoms with Gasteiger partial charge in [-0.2, -0.15) is 5.10 Å². The summed E-state index contributed by atoms with van der Waals surface area (Å²) in [6.07, 6.45) is 0.704. The number of nitrogens with zero attached hydrogens (tertiary/aromatic N) is 5. The molecule has 0 aliphatic carbocycles. The van der Waals surface area contributed by atoms with E-state index >= 15 is 0 Å². The van der Waals surface area contributed by atoms with Gasteiger partial charge in [0.05, 0.1) is 4.70 Å². The first-order chi connectivity index (χ1) is 13.7. The first-order valence-electron chi connectivity index (χ1n) is 9.45. The normalized spacial score (nSPS) is 11.4. The number of benzene rings is 1. The van der Waals surface area contributed by atoms with Crippen LogP contribution < -0.4 is 4.90 Å². The van der Waals surface area contributed by atoms with E-state index in [2.05, 4.69) is 10.1 Å². The summed E-state index contributed by atoms with van der Waals surface area (Å²) in [5.41, 5.74) is 1.27. The average Bonchev–Trinajstić information content (AvgIpc) is 3.21. The van der Waals surface area contributed by atoms with Crippen molar-refractivity contribution in [2.75, 3.05) is 32.1 Å². The lowest BCUT2D eigenvalue weighted by atomic mass is 10.3. The lowest BCUT2D eigenvalue weighted by Gasteiger charge is -2.20. The Morgan fingerprint density at radius 1 is 1.20 bits per heavy atom. The molecular formula is C20H26ClF2N5OS. The maximum Gasteiger partial charge on any atom is 0.280 e. The molecule has 10 heteroatoms. The lowest BCUT2D eigenvalue weighted by Crippen LogP contribution is -2.33. The van der Waals surface area contributed by atoms with E-state index in [1.165, 1.54) is 11.0 Å². The smallest absolute Gasteiger partial charge is 0.280 e. The second-order valence-electron chi connectivity index (χ2n) is 7.55. The highest BCUT2D eigenvalue weighted by Crippen LogP contribution is 2.32. The summed E-state index contributed by atoms with van der Waals surface area (Å²) in [4.78, 5) is 21.1. The van der Waals surface area contributed by atoms with Gasteiger partial charge in [0.1, 0.15) is 11.3 Å². The molecular weight excluding hydrogens is 432 g/mol. The Labute approximate surface area is 184 Å². The van der Waals surface area contributed by atoms with Gasteiger partial charge >= 0.3 is 0 Å². The fourth-order valence-corrected chi connectivity index (χ4v) is 4.17. The summed E-state index contributed by atoms with van der Waals surface area (Å²) in [7, 11) is 3.91. The Kier molecular flexibility index (Phi) is 7.90. The molecule has 0 aliphatic heterocycles. The topological polar surface area (TPSA) is 54.3 Å². The van der Waals surface area contributed by atoms with Crippen molar-refractivity contribution in [3.05, 3.63) is 41.2 Å². The summed E-state index contributed by atoms with van der Waals surface area (Å²) in [5, 5.41) is 4.78. The highest BCUT2D eigenvalue weighted by Gasteiger charge is 2.25.